The van der Waals surface area contributed by atoms with Gasteiger partial charge in [-0.05, 0) is 18.9 Å². The number of hydrogen-bond donors (Lipinski definition) is 2. The summed E-state index contributed by atoms with van der Waals surface area (Å²) >= 11 is 0. The number of nitrogens with one attached hydrogen (secondary N) is 2. The molecule has 0 aromatic heterocycles. The van der Waals surface area contributed by atoms with E-state index in [4.69, 9.17) is 0 Å². The van der Waals surface area contributed by atoms with Gasteiger partial charge in [0.1, 0.15) is 0 Å². The van der Waals surface area contributed by atoms with E-state index in [1.807, 2.05) is 0 Å². The van der Waals surface area contributed by atoms with Crippen molar-refractivity contribution in [2.45, 2.75) is 59.3 Å². The summed E-state index contributed by atoms with van der Waals surface area (Å²) in [6.45, 7) is 9.08. The molecule has 0 unspecified atom stereocenters. The van der Waals surface area contributed by atoms with Crippen molar-refractivity contribution in [3.63, 3.8) is 0 Å². The molecule has 0 heterocycles. The molecule has 0 saturated heterocycles. The Labute approximate surface area is 107 Å². The quantitative estimate of drug-likeness (QED) is 0.547. The summed E-state index contributed by atoms with van der Waals surface area (Å²) in [7, 11) is 0. The van der Waals surface area contributed by atoms with E-state index in [-0.39, 0.29) is 5.91 Å². The highest BCUT2D eigenvalue weighted by Gasteiger charge is 2.01. The van der Waals surface area contributed by atoms with Gasteiger partial charge in [0.15, 0.2) is 0 Å². The highest BCUT2D eigenvalue weighted by molar-refractivity contribution is 5.76. The van der Waals surface area contributed by atoms with Gasteiger partial charge in [-0.25, -0.2) is 0 Å². The maximum absolute atomic E-state index is 11.4. The van der Waals surface area contributed by atoms with Crippen molar-refractivity contribution in [2.24, 2.45) is 5.92 Å². The van der Waals surface area contributed by atoms with Crippen molar-refractivity contribution in [3.8, 4) is 0 Å². The molecule has 0 fully saturated rings. The molecule has 0 atom stereocenters. The van der Waals surface area contributed by atoms with Crippen LogP contribution in [0, 0.1) is 5.92 Å². The summed E-state index contributed by atoms with van der Waals surface area (Å²) in [5.41, 5.74) is 0. The third-order valence-electron chi connectivity index (χ3n) is 2.69. The van der Waals surface area contributed by atoms with Crippen molar-refractivity contribution in [2.75, 3.05) is 19.6 Å². The molecule has 0 spiro atoms. The Bertz CT molecular complexity index is 181. The highest BCUT2D eigenvalue weighted by Crippen LogP contribution is 2.00. The van der Waals surface area contributed by atoms with Crippen LogP contribution in [0.25, 0.3) is 0 Å². The van der Waals surface area contributed by atoms with Crippen LogP contribution in [0.4, 0.5) is 0 Å². The molecule has 102 valence electrons. The minimum absolute atomic E-state index is 0.164. The highest BCUT2D eigenvalue weighted by atomic mass is 16.1. The van der Waals surface area contributed by atoms with Gasteiger partial charge < -0.3 is 10.6 Å². The van der Waals surface area contributed by atoms with Gasteiger partial charge in [0.05, 0.1) is 0 Å². The van der Waals surface area contributed by atoms with Gasteiger partial charge in [-0.2, -0.15) is 0 Å². The minimum atomic E-state index is 0.164. The van der Waals surface area contributed by atoms with Crippen molar-refractivity contribution in [1.29, 1.82) is 0 Å². The molecular formula is C14H30N2O. The fourth-order valence-electron chi connectivity index (χ4n) is 1.59. The molecule has 3 nitrogen and oxygen atoms in total. The van der Waals surface area contributed by atoms with Crippen molar-refractivity contribution in [3.05, 3.63) is 0 Å². The monoisotopic (exact) mass is 242 g/mol. The van der Waals surface area contributed by atoms with E-state index in [1.54, 1.807) is 0 Å². The van der Waals surface area contributed by atoms with E-state index in [0.717, 1.165) is 19.6 Å². The van der Waals surface area contributed by atoms with E-state index in [9.17, 15) is 4.79 Å². The van der Waals surface area contributed by atoms with Crippen LogP contribution in [0.1, 0.15) is 59.3 Å². The summed E-state index contributed by atoms with van der Waals surface area (Å²) in [4.78, 5) is 11.4. The molecule has 2 N–H and O–H groups in total. The summed E-state index contributed by atoms with van der Waals surface area (Å²) in [6, 6.07) is 0. The molecule has 0 aliphatic rings. The lowest BCUT2D eigenvalue weighted by atomic mass is 10.1. The average Bonchev–Trinajstić information content (AvgIpc) is 2.30. The van der Waals surface area contributed by atoms with Crippen LogP contribution in [0.5, 0.6) is 0 Å². The number of rotatable bonds is 11. The van der Waals surface area contributed by atoms with Crippen molar-refractivity contribution < 1.29 is 4.79 Å². The third-order valence-corrected chi connectivity index (χ3v) is 2.69. The first-order valence-corrected chi connectivity index (χ1v) is 7.14. The molecule has 0 aliphatic carbocycles. The Hall–Kier alpha value is -0.570. The average molecular weight is 242 g/mol. The van der Waals surface area contributed by atoms with Gasteiger partial charge in [0, 0.05) is 19.5 Å². The van der Waals surface area contributed by atoms with Gasteiger partial charge >= 0.3 is 0 Å². The first kappa shape index (κ1) is 16.4. The lowest BCUT2D eigenvalue weighted by Crippen LogP contribution is -2.30. The lowest BCUT2D eigenvalue weighted by Gasteiger charge is -2.08. The molecule has 0 saturated carbocycles. The Kier molecular flexibility index (Phi) is 11.5. The second-order valence-corrected chi connectivity index (χ2v) is 5.11. The van der Waals surface area contributed by atoms with Crippen LogP contribution in [0.15, 0.2) is 0 Å². The van der Waals surface area contributed by atoms with Gasteiger partial charge in [-0.1, -0.05) is 46.5 Å². The van der Waals surface area contributed by atoms with Crippen LogP contribution < -0.4 is 10.6 Å². The molecule has 0 rings (SSSR count). The summed E-state index contributed by atoms with van der Waals surface area (Å²) in [5.74, 6) is 0.697. The molecule has 3 heteroatoms. The molecule has 1 amide bonds. The molecule has 0 aromatic carbocycles. The van der Waals surface area contributed by atoms with E-state index in [2.05, 4.69) is 31.4 Å². The zero-order valence-corrected chi connectivity index (χ0v) is 11.8. The van der Waals surface area contributed by atoms with Crippen LogP contribution in [-0.4, -0.2) is 25.5 Å². The number of amides is 1. The largest absolute Gasteiger partial charge is 0.356 e. The number of carbonyl (C=O) groups is 1. The Morgan fingerprint density at radius 1 is 1.06 bits per heavy atom. The number of carbonyl (C=O) groups excluding carboxylic acids is 1. The second kappa shape index (κ2) is 11.9. The predicted molar refractivity (Wildman–Crippen MR) is 74.1 cm³/mol. The summed E-state index contributed by atoms with van der Waals surface area (Å²) in [6.07, 6.45) is 7.11. The normalized spacial score (nSPS) is 10.8. The Balaban J connectivity index is 3.14. The van der Waals surface area contributed by atoms with Gasteiger partial charge in [-0.3, -0.25) is 4.79 Å². The van der Waals surface area contributed by atoms with Gasteiger partial charge in [0.25, 0.3) is 0 Å². The van der Waals surface area contributed by atoms with Crippen molar-refractivity contribution >= 4 is 5.91 Å². The van der Waals surface area contributed by atoms with Crippen LogP contribution >= 0.6 is 0 Å². The third kappa shape index (κ3) is 13.4. The van der Waals surface area contributed by atoms with Gasteiger partial charge in [0.2, 0.25) is 5.91 Å². The minimum Gasteiger partial charge on any atom is -0.356 e. The molecule has 17 heavy (non-hydrogen) atoms. The maximum Gasteiger partial charge on any atom is 0.221 e. The molecule has 0 bridgehead atoms. The summed E-state index contributed by atoms with van der Waals surface area (Å²) in [5, 5.41) is 6.24. The number of hydrogen-bond acceptors (Lipinski definition) is 2. The van der Waals surface area contributed by atoms with Crippen LogP contribution in [0.2, 0.25) is 0 Å². The fraction of sp³-hybridized carbons (Fsp3) is 0.929. The zero-order valence-electron chi connectivity index (χ0n) is 11.8. The van der Waals surface area contributed by atoms with E-state index in [1.165, 1.54) is 32.1 Å². The smallest absolute Gasteiger partial charge is 0.221 e. The topological polar surface area (TPSA) is 41.1 Å². The Morgan fingerprint density at radius 3 is 2.41 bits per heavy atom. The standard InChI is InChI=1S/C14H30N2O/c1-4-5-6-7-8-10-15-11-9-14(17)16-12-13(2)3/h13,15H,4-12H2,1-3H3,(H,16,17). The SMILES string of the molecule is CCCCCCCNCCC(=O)NCC(C)C. The molecule has 0 aromatic rings. The molecule has 0 aliphatic heterocycles. The first-order valence-electron chi connectivity index (χ1n) is 7.14. The molecule has 0 radical (unpaired) electrons. The maximum atomic E-state index is 11.4. The van der Waals surface area contributed by atoms with E-state index in [0.29, 0.717) is 12.3 Å². The molecular weight excluding hydrogens is 212 g/mol. The Morgan fingerprint density at radius 2 is 1.76 bits per heavy atom. The van der Waals surface area contributed by atoms with Gasteiger partial charge in [-0.15, -0.1) is 0 Å². The van der Waals surface area contributed by atoms with E-state index < -0.39 is 0 Å². The first-order chi connectivity index (χ1) is 8.16. The summed E-state index contributed by atoms with van der Waals surface area (Å²) < 4.78 is 0. The second-order valence-electron chi connectivity index (χ2n) is 5.11. The van der Waals surface area contributed by atoms with Crippen LogP contribution in [0.3, 0.4) is 0 Å². The van der Waals surface area contributed by atoms with E-state index >= 15 is 0 Å². The van der Waals surface area contributed by atoms with Crippen LogP contribution in [-0.2, 0) is 4.79 Å². The fourth-order valence-corrected chi connectivity index (χ4v) is 1.59. The lowest BCUT2D eigenvalue weighted by molar-refractivity contribution is -0.121. The van der Waals surface area contributed by atoms with Crippen molar-refractivity contribution in [1.82, 2.24) is 10.6 Å². The zero-order chi connectivity index (χ0) is 12.9. The number of unbranched alkanes of at least 4 members (excludes halogenated alkanes) is 4. The predicted octanol–water partition coefficient (Wildman–Crippen LogP) is 2.71.